The molecule has 0 heterocycles. The fraction of sp³-hybridized carbons (Fsp3) is 0.143. The molecule has 2 heteroatoms. The first kappa shape index (κ1) is 3.57. The molecular weight excluding hydrogens is 139 g/mol. The highest BCUT2D eigenvalue weighted by molar-refractivity contribution is 6.31. The lowest BCUT2D eigenvalue weighted by molar-refractivity contribution is 0.627. The van der Waals surface area contributed by atoms with E-state index >= 15 is 0 Å². The van der Waals surface area contributed by atoms with Gasteiger partial charge in [-0.1, -0.05) is 17.7 Å². The summed E-state index contributed by atoms with van der Waals surface area (Å²) in [6, 6.07) is 3.24. The Kier molecular flexibility index (Phi) is 0.935. The molecule has 0 aliphatic carbocycles. The zero-order chi connectivity index (χ0) is 9.35. The van der Waals surface area contributed by atoms with E-state index < -0.39 is 12.7 Å². The van der Waals surface area contributed by atoms with Gasteiger partial charge in [-0.15, -0.1) is 0 Å². The lowest BCUT2D eigenvalue weighted by Crippen LogP contribution is -1.76. The first-order valence-electron chi connectivity index (χ1n) is 3.87. The van der Waals surface area contributed by atoms with Crippen molar-refractivity contribution in [1.29, 1.82) is 0 Å². The standard InChI is InChI=1S/C7H6ClF/c1-5-2-3-6(9)4-7(5)8/h2-4H,1H3/i1D3. The highest BCUT2D eigenvalue weighted by Gasteiger charge is 1.94. The van der Waals surface area contributed by atoms with Crippen LogP contribution in [0.3, 0.4) is 0 Å². The first-order chi connectivity index (χ1) is 5.41. The van der Waals surface area contributed by atoms with E-state index in [1.54, 1.807) is 0 Å². The number of hydrogen-bond donors (Lipinski definition) is 0. The van der Waals surface area contributed by atoms with Crippen LogP contribution < -0.4 is 0 Å². The molecule has 0 aliphatic rings. The molecule has 0 saturated carbocycles. The molecule has 0 fully saturated rings. The highest BCUT2D eigenvalue weighted by atomic mass is 35.5. The van der Waals surface area contributed by atoms with Crippen LogP contribution in [0.5, 0.6) is 0 Å². The van der Waals surface area contributed by atoms with E-state index in [4.69, 9.17) is 15.7 Å². The summed E-state index contributed by atoms with van der Waals surface area (Å²) in [4.78, 5) is 0. The molecule has 0 aliphatic heterocycles. The molecule has 0 nitrogen and oxygen atoms in total. The summed E-state index contributed by atoms with van der Waals surface area (Å²) >= 11 is 5.51. The second-order valence-corrected chi connectivity index (χ2v) is 2.03. The summed E-state index contributed by atoms with van der Waals surface area (Å²) in [7, 11) is 0. The molecular formula is C7H6ClF. The van der Waals surface area contributed by atoms with Gasteiger partial charge in [0.2, 0.25) is 0 Å². The van der Waals surface area contributed by atoms with Crippen molar-refractivity contribution in [3.05, 3.63) is 34.6 Å². The number of hydrogen-bond acceptors (Lipinski definition) is 0. The van der Waals surface area contributed by atoms with E-state index in [9.17, 15) is 4.39 Å². The zero-order valence-electron chi connectivity index (χ0n) is 7.49. The van der Waals surface area contributed by atoms with E-state index in [0.717, 1.165) is 12.1 Å². The normalized spacial score (nSPS) is 16.0. The van der Waals surface area contributed by atoms with E-state index in [1.807, 2.05) is 0 Å². The highest BCUT2D eigenvalue weighted by Crippen LogP contribution is 2.14. The maximum atomic E-state index is 12.5. The second kappa shape index (κ2) is 2.36. The SMILES string of the molecule is [2H]C([2H])([2H])c1ccc(F)cc1Cl. The molecule has 9 heavy (non-hydrogen) atoms. The van der Waals surface area contributed by atoms with Crippen molar-refractivity contribution in [2.45, 2.75) is 6.85 Å². The largest absolute Gasteiger partial charge is 0.207 e. The molecule has 0 radical (unpaired) electrons. The minimum absolute atomic E-state index is 0.0226. The van der Waals surface area contributed by atoms with Gasteiger partial charge in [-0.3, -0.25) is 0 Å². The average Bonchev–Trinajstić information content (AvgIpc) is 1.83. The molecule has 0 atom stereocenters. The van der Waals surface area contributed by atoms with Gasteiger partial charge in [0.1, 0.15) is 5.82 Å². The van der Waals surface area contributed by atoms with Crippen molar-refractivity contribution in [3.8, 4) is 0 Å². The van der Waals surface area contributed by atoms with E-state index in [1.165, 1.54) is 6.07 Å². The fourth-order valence-electron chi connectivity index (χ4n) is 0.489. The van der Waals surface area contributed by atoms with Crippen molar-refractivity contribution >= 4 is 11.6 Å². The van der Waals surface area contributed by atoms with E-state index in [2.05, 4.69) is 0 Å². The summed E-state index contributed by atoms with van der Waals surface area (Å²) in [6.45, 7) is -2.27. The van der Waals surface area contributed by atoms with Gasteiger partial charge in [0, 0.05) is 9.13 Å². The fourth-order valence-corrected chi connectivity index (χ4v) is 0.657. The zero-order valence-corrected chi connectivity index (χ0v) is 5.24. The summed E-state index contributed by atoms with van der Waals surface area (Å²) in [5.41, 5.74) is -0.0226. The molecule has 0 saturated heterocycles. The Morgan fingerprint density at radius 1 is 1.67 bits per heavy atom. The Morgan fingerprint density at radius 2 is 2.44 bits per heavy atom. The van der Waals surface area contributed by atoms with E-state index in [-0.39, 0.29) is 10.6 Å². The average molecular weight is 148 g/mol. The quantitative estimate of drug-likeness (QED) is 0.530. The molecule has 0 unspecified atom stereocenters. The number of benzene rings is 1. The van der Waals surface area contributed by atoms with Crippen molar-refractivity contribution < 1.29 is 8.50 Å². The summed E-state index contributed by atoms with van der Waals surface area (Å²) in [6.07, 6.45) is 0. The van der Waals surface area contributed by atoms with Gasteiger partial charge >= 0.3 is 0 Å². The van der Waals surface area contributed by atoms with Gasteiger partial charge in [0.15, 0.2) is 0 Å². The molecule has 0 N–H and O–H groups in total. The molecule has 1 rings (SSSR count). The van der Waals surface area contributed by atoms with Gasteiger partial charge in [-0.25, -0.2) is 4.39 Å². The van der Waals surface area contributed by atoms with Crippen molar-refractivity contribution in [1.82, 2.24) is 0 Å². The van der Waals surface area contributed by atoms with Gasteiger partial charge in [-0.05, 0) is 24.5 Å². The number of rotatable bonds is 0. The molecule has 1 aromatic carbocycles. The topological polar surface area (TPSA) is 0 Å². The minimum Gasteiger partial charge on any atom is -0.207 e. The van der Waals surface area contributed by atoms with Crippen LogP contribution in [-0.2, 0) is 0 Å². The summed E-state index contributed by atoms with van der Waals surface area (Å²) in [5, 5.41) is -0.0602. The second-order valence-electron chi connectivity index (χ2n) is 1.62. The Morgan fingerprint density at radius 3 is 3.00 bits per heavy atom. The minimum atomic E-state index is -2.27. The van der Waals surface area contributed by atoms with Gasteiger partial charge in [0.25, 0.3) is 0 Å². The smallest absolute Gasteiger partial charge is 0.124 e. The van der Waals surface area contributed by atoms with Gasteiger partial charge in [0.05, 0.1) is 0 Å². The van der Waals surface area contributed by atoms with Crippen LogP contribution in [0.1, 0.15) is 9.68 Å². The van der Waals surface area contributed by atoms with Crippen LogP contribution >= 0.6 is 11.6 Å². The van der Waals surface area contributed by atoms with Crippen LogP contribution in [0.25, 0.3) is 0 Å². The predicted molar refractivity (Wildman–Crippen MR) is 36.1 cm³/mol. The third kappa shape index (κ3) is 1.42. The van der Waals surface area contributed by atoms with Gasteiger partial charge in [-0.2, -0.15) is 0 Å². The van der Waals surface area contributed by atoms with Gasteiger partial charge < -0.3 is 0 Å². The molecule has 0 aromatic heterocycles. The van der Waals surface area contributed by atoms with Crippen LogP contribution in [0, 0.1) is 12.7 Å². The molecule has 48 valence electrons. The number of halogens is 2. The van der Waals surface area contributed by atoms with Crippen LogP contribution in [0.15, 0.2) is 18.2 Å². The Labute approximate surface area is 62.5 Å². The van der Waals surface area contributed by atoms with E-state index in [0.29, 0.717) is 0 Å². The van der Waals surface area contributed by atoms with Crippen LogP contribution in [0.4, 0.5) is 4.39 Å². The van der Waals surface area contributed by atoms with Crippen LogP contribution in [-0.4, -0.2) is 0 Å². The van der Waals surface area contributed by atoms with Crippen LogP contribution in [0.2, 0.25) is 5.02 Å². The van der Waals surface area contributed by atoms with Crippen molar-refractivity contribution in [3.63, 3.8) is 0 Å². The summed E-state index contributed by atoms with van der Waals surface area (Å²) in [5.74, 6) is -0.534. The third-order valence-electron chi connectivity index (χ3n) is 0.931. The maximum absolute atomic E-state index is 12.5. The summed E-state index contributed by atoms with van der Waals surface area (Å²) < 4.78 is 33.5. The lowest BCUT2D eigenvalue weighted by Gasteiger charge is -1.93. The molecule has 0 spiro atoms. The van der Waals surface area contributed by atoms with Crippen molar-refractivity contribution in [2.24, 2.45) is 0 Å². The Bertz CT molecular complexity index is 295. The predicted octanol–water partition coefficient (Wildman–Crippen LogP) is 2.79. The Hall–Kier alpha value is -0.560. The maximum Gasteiger partial charge on any atom is 0.124 e. The molecule has 0 bridgehead atoms. The third-order valence-corrected chi connectivity index (χ3v) is 1.24. The van der Waals surface area contributed by atoms with Crippen molar-refractivity contribution in [2.75, 3.05) is 0 Å². The Balaban J connectivity index is 3.19. The number of aryl methyl sites for hydroxylation is 1. The first-order valence-corrected chi connectivity index (χ1v) is 2.74. The molecule has 0 amide bonds. The monoisotopic (exact) mass is 147 g/mol. The lowest BCUT2D eigenvalue weighted by atomic mass is 10.2. The molecule has 1 aromatic rings.